The van der Waals surface area contributed by atoms with Crippen LogP contribution in [-0.4, -0.2) is 77.7 Å². The van der Waals surface area contributed by atoms with Crippen molar-refractivity contribution in [1.29, 1.82) is 0 Å². The van der Waals surface area contributed by atoms with Gasteiger partial charge in [-0.15, -0.1) is 16.9 Å². The summed E-state index contributed by atoms with van der Waals surface area (Å²) < 4.78 is 6.29. The van der Waals surface area contributed by atoms with Gasteiger partial charge >= 0.3 is 17.1 Å². The zero-order chi connectivity index (χ0) is 27.6. The van der Waals surface area contributed by atoms with Crippen molar-refractivity contribution in [2.24, 2.45) is 0 Å². The molecule has 202 valence electrons. The van der Waals surface area contributed by atoms with Gasteiger partial charge in [0.15, 0.2) is 11.3 Å². The van der Waals surface area contributed by atoms with E-state index in [0.29, 0.717) is 23.3 Å². The van der Waals surface area contributed by atoms with E-state index in [2.05, 4.69) is 15.5 Å². The number of carboxylic acids is 1. The van der Waals surface area contributed by atoms with E-state index in [-0.39, 0.29) is 28.9 Å². The number of nitrogens with zero attached hydrogens (tertiary/aromatic N) is 3. The number of carbonyl (C=O) groups excluding carboxylic acids is 2. The maximum absolute atomic E-state index is 12.9. The molecule has 3 atom stereocenters. The first-order chi connectivity index (χ1) is 18.2. The van der Waals surface area contributed by atoms with Crippen LogP contribution in [0.25, 0.3) is 0 Å². The summed E-state index contributed by atoms with van der Waals surface area (Å²) in [5.41, 5.74) is -1.04. The summed E-state index contributed by atoms with van der Waals surface area (Å²) in [4.78, 5) is 62.6. The van der Waals surface area contributed by atoms with Gasteiger partial charge in [0.1, 0.15) is 22.9 Å². The third-order valence-corrected chi connectivity index (χ3v) is 8.38. The highest BCUT2D eigenvalue weighted by Gasteiger charge is 2.54. The molecule has 4 N–H and O–H groups in total. The van der Waals surface area contributed by atoms with E-state index in [4.69, 9.17) is 4.74 Å². The summed E-state index contributed by atoms with van der Waals surface area (Å²) in [5.74, 6) is -1.78. The second-order valence-electron chi connectivity index (χ2n) is 8.41. The number of H-pyrrole nitrogens is 1. The third-order valence-electron chi connectivity index (χ3n) is 5.97. The highest BCUT2D eigenvalue weighted by molar-refractivity contribution is 8.01. The fraction of sp³-hybridized carbons (Fsp3) is 0.391. The van der Waals surface area contributed by atoms with E-state index < -0.39 is 46.4 Å². The van der Waals surface area contributed by atoms with Gasteiger partial charge in [0, 0.05) is 18.1 Å². The van der Waals surface area contributed by atoms with Gasteiger partial charge in [0.05, 0.1) is 7.11 Å². The number of hydrogen-bond donors (Lipinski definition) is 4. The second-order valence-corrected chi connectivity index (χ2v) is 10.5. The van der Waals surface area contributed by atoms with Crippen LogP contribution in [0.5, 0.6) is 5.75 Å². The van der Waals surface area contributed by atoms with Crippen LogP contribution in [-0.2, 0) is 20.9 Å². The molecule has 2 aliphatic heterocycles. The molecule has 0 saturated carbocycles. The van der Waals surface area contributed by atoms with Crippen LogP contribution in [0.15, 0.2) is 50.3 Å². The van der Waals surface area contributed by atoms with Crippen molar-refractivity contribution < 1.29 is 29.3 Å². The molecule has 1 fully saturated rings. The smallest absolute Gasteiger partial charge is 0.352 e. The lowest BCUT2D eigenvalue weighted by Crippen LogP contribution is -2.70. The number of nitrogens with one attached hydrogen (secondary N) is 2. The molecule has 4 rings (SSSR count). The Bertz CT molecular complexity index is 1400. The van der Waals surface area contributed by atoms with Gasteiger partial charge < -0.3 is 20.3 Å². The summed E-state index contributed by atoms with van der Waals surface area (Å²) in [6.45, 7) is 2.11. The predicted molar refractivity (Wildman–Crippen MR) is 138 cm³/mol. The summed E-state index contributed by atoms with van der Waals surface area (Å²) in [5, 5.41) is 28.5. The zero-order valence-corrected chi connectivity index (χ0v) is 22.0. The second kappa shape index (κ2) is 11.4. The van der Waals surface area contributed by atoms with Gasteiger partial charge in [0.25, 0.3) is 11.8 Å². The van der Waals surface area contributed by atoms with Crippen LogP contribution in [0.4, 0.5) is 0 Å². The first-order valence-electron chi connectivity index (χ1n) is 11.5. The van der Waals surface area contributed by atoms with E-state index in [0.717, 1.165) is 16.7 Å². The molecule has 2 amide bonds. The SMILES string of the molecule is CCCn1c(SCC2=C(C(=O)O)N3C(=O)C(NC(=O)C(O)c4ccc(OC)cc4)[C@@H]3SC2)n[nH]c(=O)c1=O. The first-order valence-corrected chi connectivity index (χ1v) is 13.6. The number of hydrogen-bond acceptors (Lipinski definition) is 10. The topological polar surface area (TPSA) is 184 Å². The van der Waals surface area contributed by atoms with Gasteiger partial charge in [-0.05, 0) is 29.7 Å². The number of aromatic nitrogens is 3. The minimum atomic E-state index is -1.52. The molecule has 15 heteroatoms. The number of rotatable bonds is 10. The molecule has 3 heterocycles. The minimum absolute atomic E-state index is 0.112. The molecule has 1 aromatic heterocycles. The van der Waals surface area contributed by atoms with Crippen molar-refractivity contribution in [2.45, 2.75) is 42.6 Å². The highest BCUT2D eigenvalue weighted by Crippen LogP contribution is 2.41. The number of carboxylic acid groups (broad SMARTS) is 1. The number of methoxy groups -OCH3 is 1. The molecule has 13 nitrogen and oxygen atoms in total. The average molecular weight is 564 g/mol. The Morgan fingerprint density at radius 1 is 1.29 bits per heavy atom. The van der Waals surface area contributed by atoms with Gasteiger partial charge in [-0.2, -0.15) is 0 Å². The molecular weight excluding hydrogens is 538 g/mol. The first kappa shape index (κ1) is 27.5. The standard InChI is InChI=1S/C23H25N5O8S2/c1-3-8-27-20(33)18(31)25-26-23(27)38-10-12-9-37-21-14(19(32)28(21)15(12)22(34)35)24-17(30)16(29)11-4-6-13(36-2)7-5-11/h4-7,14,16,21,29H,3,8-10H2,1-2H3,(H,24,30)(H,25,31)(H,34,35)/t14?,16?,21-/m0/s1. The summed E-state index contributed by atoms with van der Waals surface area (Å²) in [6, 6.07) is 5.23. The fourth-order valence-corrected chi connectivity index (χ4v) is 6.52. The monoisotopic (exact) mass is 563 g/mol. The van der Waals surface area contributed by atoms with E-state index in [9.17, 15) is 34.2 Å². The number of carbonyl (C=O) groups is 3. The van der Waals surface area contributed by atoms with Crippen molar-refractivity contribution >= 4 is 41.3 Å². The number of β-lactam (4-membered cyclic amide) rings is 1. The summed E-state index contributed by atoms with van der Waals surface area (Å²) in [6.07, 6.45) is -0.940. The van der Waals surface area contributed by atoms with Crippen LogP contribution in [0.1, 0.15) is 25.0 Å². The van der Waals surface area contributed by atoms with Crippen LogP contribution in [0.3, 0.4) is 0 Å². The number of amides is 2. The Labute approximate surface area is 224 Å². The number of aliphatic carboxylic acids is 1. The number of aromatic amines is 1. The molecule has 2 unspecified atom stereocenters. The van der Waals surface area contributed by atoms with Gasteiger partial charge in [-0.3, -0.25) is 28.6 Å². The number of ether oxygens (including phenoxy) is 1. The van der Waals surface area contributed by atoms with Crippen molar-refractivity contribution in [3.8, 4) is 5.75 Å². The normalized spacial score (nSPS) is 19.4. The minimum Gasteiger partial charge on any atom is -0.497 e. The van der Waals surface area contributed by atoms with Gasteiger partial charge in [-0.25, -0.2) is 9.89 Å². The number of aliphatic hydroxyl groups excluding tert-OH is 1. The molecule has 38 heavy (non-hydrogen) atoms. The maximum Gasteiger partial charge on any atom is 0.352 e. The number of thioether (sulfide) groups is 2. The van der Waals surface area contributed by atoms with E-state index in [1.165, 1.54) is 35.6 Å². The molecular formula is C23H25N5O8S2. The zero-order valence-electron chi connectivity index (χ0n) is 20.4. The molecule has 2 aliphatic rings. The number of fused-ring (bicyclic) bond motifs is 1. The Morgan fingerprint density at radius 3 is 2.63 bits per heavy atom. The highest BCUT2D eigenvalue weighted by atomic mass is 32.2. The molecule has 0 aliphatic carbocycles. The maximum atomic E-state index is 12.9. The van der Waals surface area contributed by atoms with Gasteiger partial charge in [-0.1, -0.05) is 30.8 Å². The summed E-state index contributed by atoms with van der Waals surface area (Å²) in [7, 11) is 1.49. The van der Waals surface area contributed by atoms with Crippen LogP contribution in [0, 0.1) is 0 Å². The third kappa shape index (κ3) is 5.21. The summed E-state index contributed by atoms with van der Waals surface area (Å²) >= 11 is 2.35. The number of benzene rings is 1. The quantitative estimate of drug-likeness (QED) is 0.172. The van der Waals surface area contributed by atoms with Crippen LogP contribution < -0.4 is 21.2 Å². The fourth-order valence-electron chi connectivity index (χ4n) is 4.06. The van der Waals surface area contributed by atoms with E-state index in [1.807, 2.05) is 6.92 Å². The molecule has 0 bridgehead atoms. The van der Waals surface area contributed by atoms with Crippen LogP contribution in [0.2, 0.25) is 0 Å². The molecule has 2 aromatic rings. The van der Waals surface area contributed by atoms with Crippen molar-refractivity contribution in [3.05, 3.63) is 61.8 Å². The molecule has 0 spiro atoms. The van der Waals surface area contributed by atoms with Gasteiger partial charge in [0.2, 0.25) is 0 Å². The number of aliphatic hydroxyl groups is 1. The predicted octanol–water partition coefficient (Wildman–Crippen LogP) is -0.0855. The molecule has 0 radical (unpaired) electrons. The van der Waals surface area contributed by atoms with E-state index >= 15 is 0 Å². The molecule has 1 saturated heterocycles. The Balaban J connectivity index is 1.48. The van der Waals surface area contributed by atoms with Crippen molar-refractivity contribution in [3.63, 3.8) is 0 Å². The Hall–Kier alpha value is -3.56. The lowest BCUT2D eigenvalue weighted by Gasteiger charge is -2.49. The van der Waals surface area contributed by atoms with Crippen molar-refractivity contribution in [1.82, 2.24) is 25.0 Å². The van der Waals surface area contributed by atoms with Crippen LogP contribution >= 0.6 is 23.5 Å². The average Bonchev–Trinajstić information content (AvgIpc) is 2.92. The Morgan fingerprint density at radius 2 is 2.00 bits per heavy atom. The Kier molecular flexibility index (Phi) is 8.28. The van der Waals surface area contributed by atoms with Crippen molar-refractivity contribution in [2.75, 3.05) is 18.6 Å². The molecule has 1 aromatic carbocycles. The van der Waals surface area contributed by atoms with E-state index in [1.54, 1.807) is 12.1 Å². The lowest BCUT2D eigenvalue weighted by atomic mass is 10.0. The lowest BCUT2D eigenvalue weighted by molar-refractivity contribution is -0.151. The largest absolute Gasteiger partial charge is 0.497 e.